The molecule has 0 bridgehead atoms. The number of nitrogens with zero attached hydrogens (tertiary/aromatic N) is 2. The molecule has 0 saturated heterocycles. The molecule has 2 rings (SSSR count). The number of hydrogen-bond acceptors (Lipinski definition) is 2. The molecule has 0 saturated carbocycles. The summed E-state index contributed by atoms with van der Waals surface area (Å²) in [6, 6.07) is 11.1. The molecule has 0 aliphatic rings. The fourth-order valence-corrected chi connectivity index (χ4v) is 1.94. The van der Waals surface area contributed by atoms with Gasteiger partial charge in [-0.25, -0.2) is 0 Å². The topological polar surface area (TPSA) is 76.8 Å². The molecule has 0 amide bonds. The third-order valence-electron chi connectivity index (χ3n) is 2.87. The highest BCUT2D eigenvalue weighted by Crippen LogP contribution is 2.29. The van der Waals surface area contributed by atoms with Gasteiger partial charge in [0.05, 0.1) is 5.56 Å². The van der Waals surface area contributed by atoms with Crippen LogP contribution in [0.3, 0.4) is 0 Å². The number of guanidine groups is 1. The molecule has 0 fully saturated rings. The summed E-state index contributed by atoms with van der Waals surface area (Å²) in [6.07, 6.45) is -4.41. The molecular formula is C15H12ClF3N4. The zero-order valence-electron chi connectivity index (χ0n) is 11.7. The van der Waals surface area contributed by atoms with Gasteiger partial charge in [-0.2, -0.15) is 13.2 Å². The van der Waals surface area contributed by atoms with E-state index < -0.39 is 11.7 Å². The molecule has 23 heavy (non-hydrogen) atoms. The minimum atomic E-state index is -4.41. The molecule has 120 valence electrons. The molecule has 2 aromatic carbocycles. The maximum atomic E-state index is 12.6. The van der Waals surface area contributed by atoms with Crippen LogP contribution in [0.1, 0.15) is 16.7 Å². The number of hydrogen-bond donors (Lipinski definition) is 2. The number of benzene rings is 2. The summed E-state index contributed by atoms with van der Waals surface area (Å²) in [5, 5.41) is 8.01. The van der Waals surface area contributed by atoms with Crippen molar-refractivity contribution >= 4 is 23.3 Å². The van der Waals surface area contributed by atoms with Crippen LogP contribution >= 0.6 is 11.6 Å². The summed E-state index contributed by atoms with van der Waals surface area (Å²) in [6.45, 7) is 0. The van der Waals surface area contributed by atoms with Crippen LogP contribution in [0, 0.1) is 0 Å². The lowest BCUT2D eigenvalue weighted by molar-refractivity contribution is -0.137. The molecule has 0 unspecified atom stereocenters. The highest BCUT2D eigenvalue weighted by molar-refractivity contribution is 6.30. The standard InChI is InChI=1S/C15H12ClF3N4/c16-12-7-3-10(4-8-12)13(22-23-14(20)21)9-1-5-11(6-2-9)15(17,18)19/h1-8H,(H4,20,21,23)/b22-13-. The second-order valence-electron chi connectivity index (χ2n) is 4.56. The fourth-order valence-electron chi connectivity index (χ4n) is 1.81. The Balaban J connectivity index is 2.48. The SMILES string of the molecule is NC(N)=N/N=C(\c1ccc(Cl)cc1)c1ccc(C(F)(F)F)cc1. The van der Waals surface area contributed by atoms with Gasteiger partial charge in [0.2, 0.25) is 5.96 Å². The first-order valence-corrected chi connectivity index (χ1v) is 6.75. The zero-order chi connectivity index (χ0) is 17.0. The Morgan fingerprint density at radius 1 is 0.826 bits per heavy atom. The number of alkyl halides is 3. The summed E-state index contributed by atoms with van der Waals surface area (Å²) in [4.78, 5) is 0. The van der Waals surface area contributed by atoms with Crippen molar-refractivity contribution in [2.45, 2.75) is 6.18 Å². The van der Waals surface area contributed by atoms with Gasteiger partial charge in [-0.15, -0.1) is 10.2 Å². The molecule has 0 aliphatic heterocycles. The Bertz CT molecular complexity index is 731. The number of rotatable bonds is 3. The van der Waals surface area contributed by atoms with Crippen LogP contribution in [0.15, 0.2) is 58.7 Å². The van der Waals surface area contributed by atoms with E-state index in [1.54, 1.807) is 24.3 Å². The van der Waals surface area contributed by atoms with Gasteiger partial charge in [-0.3, -0.25) is 0 Å². The summed E-state index contributed by atoms with van der Waals surface area (Å²) < 4.78 is 37.9. The molecule has 0 aliphatic carbocycles. The molecule has 4 nitrogen and oxygen atoms in total. The van der Waals surface area contributed by atoms with E-state index in [1.165, 1.54) is 12.1 Å². The Hall–Kier alpha value is -2.54. The highest BCUT2D eigenvalue weighted by Gasteiger charge is 2.30. The number of halogens is 4. The molecule has 0 heterocycles. The molecule has 0 radical (unpaired) electrons. The minimum absolute atomic E-state index is 0.261. The summed E-state index contributed by atoms with van der Waals surface area (Å²) in [7, 11) is 0. The number of nitrogens with two attached hydrogens (primary N) is 2. The van der Waals surface area contributed by atoms with Gasteiger partial charge in [-0.05, 0) is 24.3 Å². The predicted octanol–water partition coefficient (Wildman–Crippen LogP) is 3.38. The van der Waals surface area contributed by atoms with Crippen LogP contribution in [0.25, 0.3) is 0 Å². The normalized spacial score (nSPS) is 12.1. The van der Waals surface area contributed by atoms with E-state index in [2.05, 4.69) is 10.2 Å². The van der Waals surface area contributed by atoms with Crippen molar-refractivity contribution in [3.05, 3.63) is 70.2 Å². The van der Waals surface area contributed by atoms with E-state index in [4.69, 9.17) is 23.1 Å². The van der Waals surface area contributed by atoms with Gasteiger partial charge in [0.15, 0.2) is 0 Å². The van der Waals surface area contributed by atoms with Crippen LogP contribution in [0.5, 0.6) is 0 Å². The maximum Gasteiger partial charge on any atom is 0.416 e. The third-order valence-corrected chi connectivity index (χ3v) is 3.12. The molecule has 4 N–H and O–H groups in total. The van der Waals surface area contributed by atoms with E-state index in [0.29, 0.717) is 21.9 Å². The second kappa shape index (κ2) is 6.70. The average Bonchev–Trinajstić information content (AvgIpc) is 2.48. The Morgan fingerprint density at radius 3 is 1.74 bits per heavy atom. The largest absolute Gasteiger partial charge is 0.416 e. The van der Waals surface area contributed by atoms with Crippen molar-refractivity contribution < 1.29 is 13.2 Å². The van der Waals surface area contributed by atoms with Gasteiger partial charge >= 0.3 is 6.18 Å². The molecule has 0 aromatic heterocycles. The lowest BCUT2D eigenvalue weighted by Gasteiger charge is -2.09. The van der Waals surface area contributed by atoms with Gasteiger partial charge in [0.1, 0.15) is 5.71 Å². The quantitative estimate of drug-likeness (QED) is 0.510. The zero-order valence-corrected chi connectivity index (χ0v) is 12.4. The van der Waals surface area contributed by atoms with Crippen LogP contribution in [0.2, 0.25) is 5.02 Å². The molecule has 0 spiro atoms. The summed E-state index contributed by atoms with van der Waals surface area (Å²) in [5.41, 5.74) is 11.1. The molecule has 2 aromatic rings. The smallest absolute Gasteiger partial charge is 0.369 e. The van der Waals surface area contributed by atoms with E-state index in [-0.39, 0.29) is 5.96 Å². The van der Waals surface area contributed by atoms with Gasteiger partial charge in [0.25, 0.3) is 0 Å². The molecular weight excluding hydrogens is 329 g/mol. The maximum absolute atomic E-state index is 12.6. The summed E-state index contributed by atoms with van der Waals surface area (Å²) in [5.74, 6) is -0.261. The van der Waals surface area contributed by atoms with Crippen molar-refractivity contribution in [2.24, 2.45) is 21.7 Å². The lowest BCUT2D eigenvalue weighted by Crippen LogP contribution is -2.22. The Labute approximate surface area is 135 Å². The van der Waals surface area contributed by atoms with E-state index in [0.717, 1.165) is 12.1 Å². The van der Waals surface area contributed by atoms with Crippen LogP contribution < -0.4 is 11.5 Å². The van der Waals surface area contributed by atoms with E-state index in [9.17, 15) is 13.2 Å². The highest BCUT2D eigenvalue weighted by atomic mass is 35.5. The van der Waals surface area contributed by atoms with E-state index >= 15 is 0 Å². The third kappa shape index (κ3) is 4.46. The monoisotopic (exact) mass is 340 g/mol. The van der Waals surface area contributed by atoms with Crippen molar-refractivity contribution in [1.29, 1.82) is 0 Å². The van der Waals surface area contributed by atoms with E-state index in [1.807, 2.05) is 0 Å². The van der Waals surface area contributed by atoms with Crippen LogP contribution in [0.4, 0.5) is 13.2 Å². The average molecular weight is 341 g/mol. The Morgan fingerprint density at radius 2 is 1.30 bits per heavy atom. The van der Waals surface area contributed by atoms with Crippen molar-refractivity contribution in [3.8, 4) is 0 Å². The van der Waals surface area contributed by atoms with Crippen molar-refractivity contribution in [1.82, 2.24) is 0 Å². The van der Waals surface area contributed by atoms with Gasteiger partial charge < -0.3 is 11.5 Å². The lowest BCUT2D eigenvalue weighted by atomic mass is 10.0. The van der Waals surface area contributed by atoms with Gasteiger partial charge in [0, 0.05) is 16.1 Å². The van der Waals surface area contributed by atoms with Crippen LogP contribution in [-0.2, 0) is 6.18 Å². The first kappa shape index (κ1) is 16.8. The van der Waals surface area contributed by atoms with Gasteiger partial charge in [-0.1, -0.05) is 35.9 Å². The molecule has 0 atom stereocenters. The second-order valence-corrected chi connectivity index (χ2v) is 4.99. The Kier molecular flexibility index (Phi) is 4.90. The van der Waals surface area contributed by atoms with Crippen molar-refractivity contribution in [3.63, 3.8) is 0 Å². The molecule has 8 heteroatoms. The fraction of sp³-hybridized carbons (Fsp3) is 0.0667. The summed E-state index contributed by atoms with van der Waals surface area (Å²) >= 11 is 5.83. The minimum Gasteiger partial charge on any atom is -0.369 e. The van der Waals surface area contributed by atoms with Crippen LogP contribution in [-0.4, -0.2) is 11.7 Å². The van der Waals surface area contributed by atoms with Crippen molar-refractivity contribution in [2.75, 3.05) is 0 Å². The first-order chi connectivity index (χ1) is 10.8. The predicted molar refractivity (Wildman–Crippen MR) is 84.3 cm³/mol. The first-order valence-electron chi connectivity index (χ1n) is 6.37.